The molecule has 0 bridgehead atoms. The van der Waals surface area contributed by atoms with Crippen LogP contribution in [0.15, 0.2) is 53.4 Å². The molecule has 0 aliphatic heterocycles. The number of hydrogen-bond donors (Lipinski definition) is 0. The van der Waals surface area contributed by atoms with Gasteiger partial charge in [0.2, 0.25) is 5.91 Å². The number of alkyl halides is 3. The van der Waals surface area contributed by atoms with Gasteiger partial charge >= 0.3 is 16.3 Å². The molecule has 32 heavy (non-hydrogen) atoms. The maximum Gasteiger partial charge on any atom is 0.416 e. The summed E-state index contributed by atoms with van der Waals surface area (Å²) in [5, 5.41) is 0. The summed E-state index contributed by atoms with van der Waals surface area (Å²) >= 11 is 0. The van der Waals surface area contributed by atoms with E-state index in [2.05, 4.69) is 0 Å². The van der Waals surface area contributed by atoms with E-state index in [1.165, 1.54) is 12.1 Å². The Bertz CT molecular complexity index is 1060. The van der Waals surface area contributed by atoms with Gasteiger partial charge in [-0.1, -0.05) is 31.0 Å². The Labute approximate surface area is 186 Å². The number of rotatable bonds is 7. The monoisotopic (exact) mass is 469 g/mol. The van der Waals surface area contributed by atoms with E-state index in [4.69, 9.17) is 4.18 Å². The zero-order valence-corrected chi connectivity index (χ0v) is 18.7. The Morgan fingerprint density at radius 3 is 2.38 bits per heavy atom. The zero-order chi connectivity index (χ0) is 23.5. The Morgan fingerprint density at radius 2 is 1.75 bits per heavy atom. The van der Waals surface area contributed by atoms with Crippen LogP contribution in [0.5, 0.6) is 5.75 Å². The van der Waals surface area contributed by atoms with Crippen LogP contribution in [0, 0.1) is 5.92 Å². The molecule has 2 aromatic carbocycles. The van der Waals surface area contributed by atoms with E-state index in [1.54, 1.807) is 17.0 Å². The molecule has 174 valence electrons. The predicted molar refractivity (Wildman–Crippen MR) is 113 cm³/mol. The van der Waals surface area contributed by atoms with Gasteiger partial charge in [0.1, 0.15) is 10.6 Å². The molecule has 0 spiro atoms. The molecular weight excluding hydrogens is 443 g/mol. The second kappa shape index (κ2) is 9.52. The van der Waals surface area contributed by atoms with Crippen molar-refractivity contribution in [2.75, 3.05) is 0 Å². The summed E-state index contributed by atoms with van der Waals surface area (Å²) in [7, 11) is -4.47. The smallest absolute Gasteiger partial charge is 0.379 e. The summed E-state index contributed by atoms with van der Waals surface area (Å²) in [5.74, 6) is 0.0652. The molecule has 0 saturated heterocycles. The summed E-state index contributed by atoms with van der Waals surface area (Å²) in [6.07, 6.45) is -0.837. The third-order valence-electron chi connectivity index (χ3n) is 5.52. The molecule has 3 rings (SSSR count). The van der Waals surface area contributed by atoms with Gasteiger partial charge in [-0.2, -0.15) is 21.6 Å². The molecule has 1 saturated carbocycles. The number of carbonyl (C=O) groups excluding carboxylic acids is 1. The second-order valence-electron chi connectivity index (χ2n) is 8.25. The van der Waals surface area contributed by atoms with Crippen LogP contribution in [0.4, 0.5) is 13.2 Å². The number of carbonyl (C=O) groups is 1. The normalized spacial score (nSPS) is 15.2. The van der Waals surface area contributed by atoms with E-state index >= 15 is 0 Å². The molecule has 1 aliphatic rings. The molecule has 1 fully saturated rings. The van der Waals surface area contributed by atoms with Crippen molar-refractivity contribution in [2.45, 2.75) is 63.2 Å². The van der Waals surface area contributed by atoms with Crippen molar-refractivity contribution < 1.29 is 30.6 Å². The fourth-order valence-electron chi connectivity index (χ4n) is 3.82. The van der Waals surface area contributed by atoms with Crippen molar-refractivity contribution >= 4 is 16.0 Å². The molecule has 0 radical (unpaired) electrons. The number of hydrogen-bond acceptors (Lipinski definition) is 4. The third-order valence-corrected chi connectivity index (χ3v) is 6.76. The molecule has 0 aromatic heterocycles. The summed E-state index contributed by atoms with van der Waals surface area (Å²) < 4.78 is 69.0. The molecule has 1 aliphatic carbocycles. The van der Waals surface area contributed by atoms with Crippen molar-refractivity contribution in [3.8, 4) is 5.75 Å². The topological polar surface area (TPSA) is 63.7 Å². The molecule has 9 heteroatoms. The fourth-order valence-corrected chi connectivity index (χ4v) is 4.79. The average molecular weight is 470 g/mol. The van der Waals surface area contributed by atoms with Gasteiger partial charge in [0.25, 0.3) is 0 Å². The minimum absolute atomic E-state index is 0.0121. The van der Waals surface area contributed by atoms with Crippen LogP contribution < -0.4 is 4.18 Å². The van der Waals surface area contributed by atoms with Crippen LogP contribution in [-0.4, -0.2) is 25.3 Å². The van der Waals surface area contributed by atoms with Crippen molar-refractivity contribution in [3.63, 3.8) is 0 Å². The van der Waals surface area contributed by atoms with Gasteiger partial charge in [-0.25, -0.2) is 0 Å². The highest BCUT2D eigenvalue weighted by Gasteiger charge is 2.32. The summed E-state index contributed by atoms with van der Waals surface area (Å²) in [5.41, 5.74) is -0.407. The summed E-state index contributed by atoms with van der Waals surface area (Å²) in [6.45, 7) is 4.13. The van der Waals surface area contributed by atoms with Gasteiger partial charge in [0, 0.05) is 18.5 Å². The first-order chi connectivity index (χ1) is 15.0. The lowest BCUT2D eigenvalue weighted by Gasteiger charge is -2.29. The molecule has 5 nitrogen and oxygen atoms in total. The molecule has 2 aromatic rings. The molecule has 1 amide bonds. The number of amides is 1. The fraction of sp³-hybridized carbons (Fsp3) is 0.435. The maximum atomic E-state index is 12.9. The van der Waals surface area contributed by atoms with Crippen molar-refractivity contribution in [1.82, 2.24) is 4.90 Å². The van der Waals surface area contributed by atoms with E-state index in [0.29, 0.717) is 11.6 Å². The lowest BCUT2D eigenvalue weighted by atomic mass is 10.0. The molecule has 0 heterocycles. The second-order valence-corrected chi connectivity index (χ2v) is 9.80. The zero-order valence-electron chi connectivity index (χ0n) is 17.9. The first-order valence-corrected chi connectivity index (χ1v) is 11.9. The Morgan fingerprint density at radius 1 is 1.09 bits per heavy atom. The van der Waals surface area contributed by atoms with Crippen molar-refractivity contribution in [1.29, 1.82) is 0 Å². The van der Waals surface area contributed by atoms with Crippen LogP contribution in [0.1, 0.15) is 50.7 Å². The SMILES string of the molecule is CC(C)N(Cc1cccc(OS(=O)(=O)c2cccc(C(F)(F)F)c2)c1)C(=O)C1CCCC1. The van der Waals surface area contributed by atoms with Crippen molar-refractivity contribution in [2.24, 2.45) is 5.92 Å². The van der Waals surface area contributed by atoms with Crippen LogP contribution >= 0.6 is 0 Å². The van der Waals surface area contributed by atoms with Gasteiger partial charge in [-0.3, -0.25) is 4.79 Å². The number of benzene rings is 2. The standard InChI is InChI=1S/C23H26F3NO4S/c1-16(2)27(22(28)18-8-3-4-9-18)15-17-7-5-11-20(13-17)31-32(29,30)21-12-6-10-19(14-21)23(24,25)26/h5-7,10-14,16,18H,3-4,8-9,15H2,1-2H3. The maximum absolute atomic E-state index is 12.9. The van der Waals surface area contributed by atoms with Gasteiger partial charge in [-0.05, 0) is 62.6 Å². The lowest BCUT2D eigenvalue weighted by Crippen LogP contribution is -2.39. The van der Waals surface area contributed by atoms with Gasteiger partial charge in [0.05, 0.1) is 5.56 Å². The summed E-state index contributed by atoms with van der Waals surface area (Å²) in [4.78, 5) is 14.1. The first-order valence-electron chi connectivity index (χ1n) is 10.5. The Kier molecular flexibility index (Phi) is 7.17. The number of halogens is 3. The van der Waals surface area contributed by atoms with Gasteiger partial charge in [0.15, 0.2) is 0 Å². The van der Waals surface area contributed by atoms with Crippen LogP contribution in [0.2, 0.25) is 0 Å². The van der Waals surface area contributed by atoms with Crippen LogP contribution in [-0.2, 0) is 27.6 Å². The van der Waals surface area contributed by atoms with E-state index in [-0.39, 0.29) is 30.2 Å². The minimum atomic E-state index is -4.67. The number of nitrogens with zero attached hydrogens (tertiary/aromatic N) is 1. The summed E-state index contributed by atoms with van der Waals surface area (Å²) in [6, 6.07) is 9.60. The van der Waals surface area contributed by atoms with Crippen LogP contribution in [0.25, 0.3) is 0 Å². The van der Waals surface area contributed by atoms with Crippen LogP contribution in [0.3, 0.4) is 0 Å². The highest BCUT2D eigenvalue weighted by molar-refractivity contribution is 7.87. The third kappa shape index (κ3) is 5.82. The van der Waals surface area contributed by atoms with Crippen molar-refractivity contribution in [3.05, 3.63) is 59.7 Å². The van der Waals surface area contributed by atoms with E-state index in [1.807, 2.05) is 13.8 Å². The Hall–Kier alpha value is -2.55. The molecule has 0 N–H and O–H groups in total. The molecular formula is C23H26F3NO4S. The highest BCUT2D eigenvalue weighted by atomic mass is 32.2. The highest BCUT2D eigenvalue weighted by Crippen LogP contribution is 2.32. The van der Waals surface area contributed by atoms with Gasteiger partial charge in [-0.15, -0.1) is 0 Å². The van der Waals surface area contributed by atoms with E-state index < -0.39 is 26.8 Å². The molecule has 0 atom stereocenters. The lowest BCUT2D eigenvalue weighted by molar-refractivity contribution is -0.138. The Balaban J connectivity index is 1.79. The minimum Gasteiger partial charge on any atom is -0.379 e. The average Bonchev–Trinajstić information content (AvgIpc) is 3.26. The quantitative estimate of drug-likeness (QED) is 0.510. The van der Waals surface area contributed by atoms with Gasteiger partial charge < -0.3 is 9.08 Å². The van der Waals surface area contributed by atoms with E-state index in [0.717, 1.165) is 43.9 Å². The first kappa shape index (κ1) is 24.1. The van der Waals surface area contributed by atoms with E-state index in [9.17, 15) is 26.4 Å². The largest absolute Gasteiger partial charge is 0.416 e. The predicted octanol–water partition coefficient (Wildman–Crippen LogP) is 5.40. The molecule has 0 unspecified atom stereocenters.